The van der Waals surface area contributed by atoms with Crippen LogP contribution in [0.2, 0.25) is 0 Å². The molecule has 7 heteroatoms. The van der Waals surface area contributed by atoms with E-state index in [1.807, 2.05) is 54.4 Å². The maximum absolute atomic E-state index is 11.1. The summed E-state index contributed by atoms with van der Waals surface area (Å²) in [6.45, 7) is 1.96. The number of para-hydroxylation sites is 1. The number of hydrogen-bond donors (Lipinski definition) is 0. The number of methoxy groups -OCH3 is 1. The lowest BCUT2D eigenvalue weighted by Gasteiger charge is -2.45. The summed E-state index contributed by atoms with van der Waals surface area (Å²) in [6.07, 6.45) is 0.731. The summed E-state index contributed by atoms with van der Waals surface area (Å²) < 4.78 is 11.7. The minimum atomic E-state index is -0.900. The van der Waals surface area contributed by atoms with Gasteiger partial charge in [-0.1, -0.05) is 18.2 Å². The first-order valence-corrected chi connectivity index (χ1v) is 10.0. The molecule has 2 aliphatic heterocycles. The number of non-ortho nitro benzene ring substituents is 1. The second-order valence-electron chi connectivity index (χ2n) is 7.77. The molecular formula is C24H21N3O4. The predicted molar refractivity (Wildman–Crippen MR) is 116 cm³/mol. The van der Waals surface area contributed by atoms with Gasteiger partial charge in [0.25, 0.3) is 5.69 Å². The Balaban J connectivity index is 1.59. The van der Waals surface area contributed by atoms with E-state index in [2.05, 4.69) is 6.07 Å². The molecule has 0 unspecified atom stereocenters. The Bertz CT molecular complexity index is 1170. The Morgan fingerprint density at radius 2 is 1.81 bits per heavy atom. The Hall–Kier alpha value is -3.87. The maximum Gasteiger partial charge on any atom is 0.269 e. The number of benzene rings is 3. The molecular weight excluding hydrogens is 394 g/mol. The number of nitrogens with zero attached hydrogens (tertiary/aromatic N) is 3. The number of nitro benzene ring substituents is 1. The molecule has 0 saturated carbocycles. The van der Waals surface area contributed by atoms with E-state index < -0.39 is 10.6 Å². The van der Waals surface area contributed by atoms with Gasteiger partial charge in [-0.3, -0.25) is 10.1 Å². The molecule has 2 aliphatic rings. The van der Waals surface area contributed by atoms with Crippen LogP contribution >= 0.6 is 0 Å². The summed E-state index contributed by atoms with van der Waals surface area (Å²) in [5.74, 6) is 1.60. The van der Waals surface area contributed by atoms with E-state index in [1.54, 1.807) is 19.2 Å². The molecule has 0 saturated heterocycles. The van der Waals surface area contributed by atoms with E-state index in [1.165, 1.54) is 12.1 Å². The van der Waals surface area contributed by atoms with Crippen molar-refractivity contribution in [1.82, 2.24) is 5.01 Å². The molecule has 3 aromatic carbocycles. The van der Waals surface area contributed by atoms with E-state index in [9.17, 15) is 10.1 Å². The van der Waals surface area contributed by atoms with E-state index >= 15 is 0 Å². The lowest BCUT2D eigenvalue weighted by Crippen LogP contribution is -2.48. The van der Waals surface area contributed by atoms with Gasteiger partial charge in [-0.05, 0) is 48.0 Å². The van der Waals surface area contributed by atoms with Crippen LogP contribution in [0.1, 0.15) is 36.1 Å². The minimum absolute atomic E-state index is 0.00208. The Kier molecular flexibility index (Phi) is 4.39. The van der Waals surface area contributed by atoms with Crippen molar-refractivity contribution in [1.29, 1.82) is 0 Å². The van der Waals surface area contributed by atoms with Crippen LogP contribution in [0.5, 0.6) is 11.5 Å². The summed E-state index contributed by atoms with van der Waals surface area (Å²) in [6, 6.07) is 22.3. The van der Waals surface area contributed by atoms with Crippen molar-refractivity contribution >= 4 is 11.4 Å². The van der Waals surface area contributed by atoms with Gasteiger partial charge in [0.05, 0.1) is 23.8 Å². The van der Waals surface area contributed by atoms with Crippen molar-refractivity contribution in [2.75, 3.05) is 7.11 Å². The van der Waals surface area contributed by atoms with Crippen LogP contribution in [0.15, 0.2) is 77.9 Å². The van der Waals surface area contributed by atoms with Gasteiger partial charge in [0, 0.05) is 36.6 Å². The molecule has 0 amide bonds. The fourth-order valence-electron chi connectivity index (χ4n) is 4.30. The van der Waals surface area contributed by atoms with Crippen molar-refractivity contribution in [3.8, 4) is 11.5 Å². The van der Waals surface area contributed by atoms with Crippen molar-refractivity contribution in [2.45, 2.75) is 25.1 Å². The fraction of sp³-hybridized carbons (Fsp3) is 0.208. The number of fused-ring (bicyclic) bond motifs is 3. The van der Waals surface area contributed by atoms with Crippen LogP contribution < -0.4 is 9.47 Å². The highest BCUT2D eigenvalue weighted by Crippen LogP contribution is 2.50. The topological polar surface area (TPSA) is 77.2 Å². The predicted octanol–water partition coefficient (Wildman–Crippen LogP) is 5.02. The lowest BCUT2D eigenvalue weighted by atomic mass is 9.92. The fourth-order valence-corrected chi connectivity index (χ4v) is 4.30. The van der Waals surface area contributed by atoms with Gasteiger partial charge < -0.3 is 9.47 Å². The van der Waals surface area contributed by atoms with Gasteiger partial charge in [0.15, 0.2) is 0 Å². The maximum atomic E-state index is 11.1. The zero-order valence-electron chi connectivity index (χ0n) is 17.2. The molecule has 5 rings (SSSR count). The normalized spacial score (nSPS) is 21.5. The summed E-state index contributed by atoms with van der Waals surface area (Å²) in [4.78, 5) is 10.7. The molecule has 0 aliphatic carbocycles. The summed E-state index contributed by atoms with van der Waals surface area (Å²) in [7, 11) is 1.65. The average Bonchev–Trinajstić information content (AvgIpc) is 3.26. The van der Waals surface area contributed by atoms with Gasteiger partial charge in [0.1, 0.15) is 11.5 Å². The lowest BCUT2D eigenvalue weighted by molar-refractivity contribution is -0.384. The van der Waals surface area contributed by atoms with Crippen LogP contribution in [-0.4, -0.2) is 22.8 Å². The number of hydrazone groups is 1. The first kappa shape index (κ1) is 19.1. The zero-order valence-corrected chi connectivity index (χ0v) is 17.2. The smallest absolute Gasteiger partial charge is 0.269 e. The second-order valence-corrected chi connectivity index (χ2v) is 7.77. The Morgan fingerprint density at radius 1 is 1.10 bits per heavy atom. The number of nitro groups is 1. The number of rotatable bonds is 4. The molecule has 156 valence electrons. The molecule has 0 fully saturated rings. The van der Waals surface area contributed by atoms with Crippen LogP contribution in [0.4, 0.5) is 5.69 Å². The highest BCUT2D eigenvalue weighted by atomic mass is 16.6. The largest absolute Gasteiger partial charge is 0.497 e. The second kappa shape index (κ2) is 7.12. The van der Waals surface area contributed by atoms with Crippen molar-refractivity contribution < 1.29 is 14.4 Å². The van der Waals surface area contributed by atoms with Gasteiger partial charge >= 0.3 is 0 Å². The van der Waals surface area contributed by atoms with E-state index in [-0.39, 0.29) is 11.7 Å². The van der Waals surface area contributed by atoms with Crippen molar-refractivity contribution in [2.24, 2.45) is 5.10 Å². The quantitative estimate of drug-likeness (QED) is 0.442. The zero-order chi connectivity index (χ0) is 21.6. The molecule has 0 radical (unpaired) electrons. The Labute approximate surface area is 179 Å². The summed E-state index contributed by atoms with van der Waals surface area (Å²) in [5.41, 5.74) is 3.01. The molecule has 7 nitrogen and oxygen atoms in total. The molecule has 0 aromatic heterocycles. The third-order valence-electron chi connectivity index (χ3n) is 5.97. The average molecular weight is 415 g/mol. The number of ether oxygens (including phenoxy) is 2. The van der Waals surface area contributed by atoms with Gasteiger partial charge in [-0.2, -0.15) is 5.10 Å². The first-order valence-electron chi connectivity index (χ1n) is 10.0. The van der Waals surface area contributed by atoms with Crippen LogP contribution in [0.25, 0.3) is 0 Å². The minimum Gasteiger partial charge on any atom is -0.497 e. The van der Waals surface area contributed by atoms with E-state index in [0.717, 1.165) is 40.3 Å². The van der Waals surface area contributed by atoms with E-state index in [4.69, 9.17) is 14.6 Å². The highest BCUT2D eigenvalue weighted by molar-refractivity contribution is 6.02. The van der Waals surface area contributed by atoms with Crippen molar-refractivity contribution in [3.63, 3.8) is 0 Å². The SMILES string of the molecule is COc1ccc(C2=NN3[C@@H](C2)c2ccccc2O[C@]3(C)c2ccc([N+](=O)[O-])cc2)cc1. The molecule has 0 N–H and O–H groups in total. The molecule has 31 heavy (non-hydrogen) atoms. The number of hydrogen-bond acceptors (Lipinski definition) is 6. The summed E-state index contributed by atoms with van der Waals surface area (Å²) in [5, 5.41) is 18.0. The third-order valence-corrected chi connectivity index (χ3v) is 5.97. The molecule has 0 bridgehead atoms. The van der Waals surface area contributed by atoms with Gasteiger partial charge in [-0.15, -0.1) is 0 Å². The Morgan fingerprint density at radius 3 is 2.48 bits per heavy atom. The standard InChI is InChI=1S/C24H21N3O4/c1-24(17-9-11-18(12-10-17)27(28)29)26-22(20-5-3-4-6-23(20)31-24)15-21(25-26)16-7-13-19(30-2)14-8-16/h3-14,22H,15H2,1-2H3/t22-,24+/m0/s1. The van der Waals surface area contributed by atoms with Gasteiger partial charge in [0.2, 0.25) is 5.72 Å². The van der Waals surface area contributed by atoms with E-state index in [0.29, 0.717) is 0 Å². The monoisotopic (exact) mass is 415 g/mol. The molecule has 2 atom stereocenters. The van der Waals surface area contributed by atoms with Crippen LogP contribution in [0.3, 0.4) is 0 Å². The molecule has 0 spiro atoms. The highest BCUT2D eigenvalue weighted by Gasteiger charge is 2.48. The van der Waals surface area contributed by atoms with Crippen molar-refractivity contribution in [3.05, 3.63) is 99.6 Å². The van der Waals surface area contributed by atoms with Gasteiger partial charge in [-0.25, -0.2) is 5.01 Å². The first-order chi connectivity index (χ1) is 15.0. The summed E-state index contributed by atoms with van der Waals surface area (Å²) >= 11 is 0. The van der Waals surface area contributed by atoms with Crippen LogP contribution in [-0.2, 0) is 5.72 Å². The molecule has 3 aromatic rings. The molecule has 2 heterocycles. The van der Waals surface area contributed by atoms with Crippen LogP contribution in [0, 0.1) is 10.1 Å². The third kappa shape index (κ3) is 3.09.